The maximum atomic E-state index is 12.9. The summed E-state index contributed by atoms with van der Waals surface area (Å²) >= 11 is 0. The summed E-state index contributed by atoms with van der Waals surface area (Å²) in [5.41, 5.74) is 0.0582. The van der Waals surface area contributed by atoms with Crippen molar-refractivity contribution in [2.45, 2.75) is 77.3 Å². The first-order chi connectivity index (χ1) is 8.64. The fourth-order valence-corrected chi connectivity index (χ4v) is 5.87. The Balaban J connectivity index is 3.08. The van der Waals surface area contributed by atoms with Crippen LogP contribution in [0.4, 0.5) is 0 Å². The molecule has 0 saturated heterocycles. The van der Waals surface area contributed by atoms with Gasteiger partial charge in [-0.2, -0.15) is 0 Å². The predicted octanol–water partition coefficient (Wildman–Crippen LogP) is 3.00. The summed E-state index contributed by atoms with van der Waals surface area (Å²) in [4.78, 5) is 0. The van der Waals surface area contributed by atoms with Crippen molar-refractivity contribution in [3.63, 3.8) is 0 Å². The summed E-state index contributed by atoms with van der Waals surface area (Å²) in [6, 6.07) is 0.0810. The molecule has 0 amide bonds. The maximum absolute atomic E-state index is 12.9. The van der Waals surface area contributed by atoms with Crippen molar-refractivity contribution in [1.29, 1.82) is 0 Å². The Bertz CT molecular complexity index is 387. The fourth-order valence-electron chi connectivity index (χ4n) is 3.22. The van der Waals surface area contributed by atoms with E-state index in [0.717, 1.165) is 25.8 Å². The molecule has 0 bridgehead atoms. The van der Waals surface area contributed by atoms with Gasteiger partial charge in [-0.1, -0.05) is 41.0 Å². The monoisotopic (exact) mass is 289 g/mol. The van der Waals surface area contributed by atoms with Crippen LogP contribution in [-0.2, 0) is 9.84 Å². The van der Waals surface area contributed by atoms with Crippen molar-refractivity contribution in [3.05, 3.63) is 0 Å². The van der Waals surface area contributed by atoms with Crippen LogP contribution in [0.3, 0.4) is 0 Å². The quantitative estimate of drug-likeness (QED) is 0.846. The molecule has 19 heavy (non-hydrogen) atoms. The summed E-state index contributed by atoms with van der Waals surface area (Å²) in [6.07, 6.45) is 2.93. The predicted molar refractivity (Wildman–Crippen MR) is 82.1 cm³/mol. The third kappa shape index (κ3) is 3.52. The SMILES string of the molecule is CCNC1C(S(=O)(=O)C(C)C(C)C)CCCC1(C)C. The maximum Gasteiger partial charge on any atom is 0.157 e. The van der Waals surface area contributed by atoms with Crippen molar-refractivity contribution in [3.8, 4) is 0 Å². The molecule has 1 aliphatic carbocycles. The minimum atomic E-state index is -3.07. The van der Waals surface area contributed by atoms with Gasteiger partial charge in [0, 0.05) is 6.04 Å². The van der Waals surface area contributed by atoms with Gasteiger partial charge in [-0.3, -0.25) is 0 Å². The second kappa shape index (κ2) is 6.13. The molecule has 0 aromatic heterocycles. The lowest BCUT2D eigenvalue weighted by molar-refractivity contribution is 0.172. The van der Waals surface area contributed by atoms with Gasteiger partial charge in [0.15, 0.2) is 9.84 Å². The van der Waals surface area contributed by atoms with Gasteiger partial charge in [0.2, 0.25) is 0 Å². The van der Waals surface area contributed by atoms with Crippen LogP contribution in [-0.4, -0.2) is 31.5 Å². The molecular weight excluding hydrogens is 258 g/mol. The minimum Gasteiger partial charge on any atom is -0.312 e. The number of sulfone groups is 1. The smallest absolute Gasteiger partial charge is 0.157 e. The van der Waals surface area contributed by atoms with Crippen molar-refractivity contribution < 1.29 is 8.42 Å². The molecule has 4 heteroatoms. The van der Waals surface area contributed by atoms with Gasteiger partial charge in [0.25, 0.3) is 0 Å². The van der Waals surface area contributed by atoms with Gasteiger partial charge in [0.05, 0.1) is 10.5 Å². The van der Waals surface area contributed by atoms with Crippen molar-refractivity contribution >= 4 is 9.84 Å². The van der Waals surface area contributed by atoms with Crippen LogP contribution in [0, 0.1) is 11.3 Å². The summed E-state index contributed by atoms with van der Waals surface area (Å²) in [5, 5.41) is 2.96. The van der Waals surface area contributed by atoms with Crippen LogP contribution in [0.15, 0.2) is 0 Å². The molecule has 1 N–H and O–H groups in total. The first kappa shape index (κ1) is 17.0. The second-order valence-corrected chi connectivity index (χ2v) is 9.52. The summed E-state index contributed by atoms with van der Waals surface area (Å²) < 4.78 is 25.7. The van der Waals surface area contributed by atoms with Crippen molar-refractivity contribution in [1.82, 2.24) is 5.32 Å². The molecule has 3 atom stereocenters. The van der Waals surface area contributed by atoms with Crippen molar-refractivity contribution in [2.24, 2.45) is 11.3 Å². The summed E-state index contributed by atoms with van der Waals surface area (Å²) in [5.74, 6) is 0.178. The lowest BCUT2D eigenvalue weighted by Gasteiger charge is -2.45. The van der Waals surface area contributed by atoms with Gasteiger partial charge >= 0.3 is 0 Å². The zero-order chi connectivity index (χ0) is 14.8. The van der Waals surface area contributed by atoms with E-state index >= 15 is 0 Å². The molecular formula is C15H31NO2S. The Hall–Kier alpha value is -0.0900. The largest absolute Gasteiger partial charge is 0.312 e. The van der Waals surface area contributed by atoms with E-state index in [-0.39, 0.29) is 27.9 Å². The highest BCUT2D eigenvalue weighted by Gasteiger charge is 2.46. The van der Waals surface area contributed by atoms with E-state index in [4.69, 9.17) is 0 Å². The Kier molecular flexibility index (Phi) is 5.47. The lowest BCUT2D eigenvalue weighted by Crippen LogP contribution is -2.57. The zero-order valence-electron chi connectivity index (χ0n) is 13.4. The number of hydrogen-bond acceptors (Lipinski definition) is 3. The Morgan fingerprint density at radius 2 is 1.84 bits per heavy atom. The highest BCUT2D eigenvalue weighted by molar-refractivity contribution is 7.92. The first-order valence-corrected chi connectivity index (χ1v) is 9.21. The second-order valence-electron chi connectivity index (χ2n) is 6.99. The van der Waals surface area contributed by atoms with Crippen LogP contribution in [0.25, 0.3) is 0 Å². The molecule has 1 fully saturated rings. The topological polar surface area (TPSA) is 46.2 Å². The van der Waals surface area contributed by atoms with Crippen LogP contribution in [0.5, 0.6) is 0 Å². The molecule has 0 aromatic rings. The van der Waals surface area contributed by atoms with Gasteiger partial charge in [-0.15, -0.1) is 0 Å². The highest BCUT2D eigenvalue weighted by Crippen LogP contribution is 2.40. The molecule has 3 unspecified atom stereocenters. The van der Waals surface area contributed by atoms with Gasteiger partial charge in [0.1, 0.15) is 0 Å². The Labute approximate surface area is 119 Å². The van der Waals surface area contributed by atoms with Crippen LogP contribution in [0.2, 0.25) is 0 Å². The molecule has 0 radical (unpaired) electrons. The molecule has 0 spiro atoms. The van der Waals surface area contributed by atoms with E-state index < -0.39 is 9.84 Å². The molecule has 0 aromatic carbocycles. The standard InChI is InChI=1S/C15H31NO2S/c1-7-16-14-13(9-8-10-15(14,5)6)19(17,18)12(4)11(2)3/h11-14,16H,7-10H2,1-6H3. The minimum absolute atomic E-state index is 0.0582. The zero-order valence-corrected chi connectivity index (χ0v) is 14.2. The van der Waals surface area contributed by atoms with Crippen molar-refractivity contribution in [2.75, 3.05) is 6.54 Å². The van der Waals surface area contributed by atoms with E-state index in [1.54, 1.807) is 0 Å². The fraction of sp³-hybridized carbons (Fsp3) is 1.00. The Morgan fingerprint density at radius 3 is 2.32 bits per heavy atom. The molecule has 0 heterocycles. The number of nitrogens with one attached hydrogen (secondary N) is 1. The van der Waals surface area contributed by atoms with Gasteiger partial charge < -0.3 is 5.32 Å². The Morgan fingerprint density at radius 1 is 1.26 bits per heavy atom. The first-order valence-electron chi connectivity index (χ1n) is 7.60. The molecule has 1 rings (SSSR count). The molecule has 3 nitrogen and oxygen atoms in total. The molecule has 0 aliphatic heterocycles. The van der Waals surface area contributed by atoms with E-state index in [0.29, 0.717) is 0 Å². The van der Waals surface area contributed by atoms with E-state index in [1.165, 1.54) is 0 Å². The van der Waals surface area contributed by atoms with Crippen LogP contribution >= 0.6 is 0 Å². The van der Waals surface area contributed by atoms with E-state index in [2.05, 4.69) is 26.1 Å². The summed E-state index contributed by atoms with van der Waals surface area (Å²) in [6.45, 7) is 13.1. The lowest BCUT2D eigenvalue weighted by atomic mass is 9.73. The number of rotatable bonds is 5. The van der Waals surface area contributed by atoms with Crippen LogP contribution < -0.4 is 5.32 Å². The average molecular weight is 289 g/mol. The molecule has 114 valence electrons. The van der Waals surface area contributed by atoms with E-state index in [1.807, 2.05) is 20.8 Å². The third-order valence-electron chi connectivity index (χ3n) is 4.83. The van der Waals surface area contributed by atoms with E-state index in [9.17, 15) is 8.42 Å². The molecule has 1 aliphatic rings. The highest BCUT2D eigenvalue weighted by atomic mass is 32.2. The summed E-state index contributed by atoms with van der Waals surface area (Å²) in [7, 11) is -3.07. The normalized spacial score (nSPS) is 29.4. The number of hydrogen-bond donors (Lipinski definition) is 1. The third-order valence-corrected chi connectivity index (χ3v) is 7.76. The van der Waals surface area contributed by atoms with Gasteiger partial charge in [-0.25, -0.2) is 8.42 Å². The average Bonchev–Trinajstić information content (AvgIpc) is 2.30. The van der Waals surface area contributed by atoms with Gasteiger partial charge in [-0.05, 0) is 37.6 Å². The van der Waals surface area contributed by atoms with Crippen LogP contribution in [0.1, 0.15) is 60.8 Å². The molecule has 1 saturated carbocycles.